The van der Waals surface area contributed by atoms with Crippen molar-refractivity contribution in [2.75, 3.05) is 11.8 Å². The van der Waals surface area contributed by atoms with Crippen molar-refractivity contribution in [2.24, 2.45) is 0 Å². The molecule has 6 nitrogen and oxygen atoms in total. The molecule has 1 aromatic carbocycles. The second-order valence-corrected chi connectivity index (χ2v) is 6.02. The SMILES string of the molecule is COc1ccc(C(=O)O)c(NS(=O)(=O)C2CC2)c1. The van der Waals surface area contributed by atoms with E-state index in [9.17, 15) is 13.2 Å². The Labute approximate surface area is 105 Å². The highest BCUT2D eigenvalue weighted by Gasteiger charge is 2.36. The summed E-state index contributed by atoms with van der Waals surface area (Å²) in [5, 5.41) is 8.59. The van der Waals surface area contributed by atoms with Gasteiger partial charge in [0.25, 0.3) is 0 Å². The number of hydrogen-bond donors (Lipinski definition) is 2. The maximum Gasteiger partial charge on any atom is 0.337 e. The summed E-state index contributed by atoms with van der Waals surface area (Å²) >= 11 is 0. The number of aromatic carboxylic acids is 1. The van der Waals surface area contributed by atoms with Crippen LogP contribution in [0, 0.1) is 0 Å². The molecule has 1 fully saturated rings. The van der Waals surface area contributed by atoms with Crippen LogP contribution in [0.15, 0.2) is 18.2 Å². The standard InChI is InChI=1S/C11H13NO5S/c1-17-7-2-5-9(11(13)14)10(6-7)12-18(15,16)8-3-4-8/h2,5-6,8,12H,3-4H2,1H3,(H,13,14). The Morgan fingerprint density at radius 1 is 1.44 bits per heavy atom. The third-order valence-corrected chi connectivity index (χ3v) is 4.53. The van der Waals surface area contributed by atoms with E-state index in [1.165, 1.54) is 25.3 Å². The van der Waals surface area contributed by atoms with Crippen molar-refractivity contribution in [1.82, 2.24) is 0 Å². The monoisotopic (exact) mass is 271 g/mol. The maximum absolute atomic E-state index is 11.8. The lowest BCUT2D eigenvalue weighted by molar-refractivity contribution is 0.0698. The van der Waals surface area contributed by atoms with Gasteiger partial charge in [0.1, 0.15) is 5.75 Å². The van der Waals surface area contributed by atoms with Gasteiger partial charge in [0.05, 0.1) is 23.6 Å². The van der Waals surface area contributed by atoms with Gasteiger partial charge in [-0.1, -0.05) is 0 Å². The fourth-order valence-electron chi connectivity index (χ4n) is 1.54. The number of carbonyl (C=O) groups is 1. The van der Waals surface area contributed by atoms with E-state index in [1.54, 1.807) is 0 Å². The summed E-state index contributed by atoms with van der Waals surface area (Å²) in [5.74, 6) is -0.792. The first-order valence-corrected chi connectivity index (χ1v) is 6.91. The van der Waals surface area contributed by atoms with Crippen molar-refractivity contribution >= 4 is 21.7 Å². The Balaban J connectivity index is 2.37. The van der Waals surface area contributed by atoms with Crippen LogP contribution in [0.4, 0.5) is 5.69 Å². The molecule has 0 bridgehead atoms. The molecule has 0 aromatic heterocycles. The highest BCUT2D eigenvalue weighted by atomic mass is 32.2. The number of methoxy groups -OCH3 is 1. The van der Waals surface area contributed by atoms with Crippen LogP contribution in [0.5, 0.6) is 5.75 Å². The fraction of sp³-hybridized carbons (Fsp3) is 0.364. The summed E-state index contributed by atoms with van der Waals surface area (Å²) in [6.07, 6.45) is 1.23. The first-order chi connectivity index (χ1) is 8.44. The van der Waals surface area contributed by atoms with E-state index in [0.717, 1.165) is 0 Å². The van der Waals surface area contributed by atoms with E-state index < -0.39 is 21.2 Å². The number of nitrogens with one attached hydrogen (secondary N) is 1. The van der Waals surface area contributed by atoms with Crippen LogP contribution in [0.2, 0.25) is 0 Å². The number of carboxylic acid groups (broad SMARTS) is 1. The second kappa shape index (κ2) is 4.49. The largest absolute Gasteiger partial charge is 0.497 e. The van der Waals surface area contributed by atoms with Crippen LogP contribution in [-0.4, -0.2) is 31.9 Å². The Hall–Kier alpha value is -1.76. The molecule has 0 atom stereocenters. The van der Waals surface area contributed by atoms with Gasteiger partial charge in [-0.25, -0.2) is 13.2 Å². The predicted octanol–water partition coefficient (Wildman–Crippen LogP) is 1.30. The van der Waals surface area contributed by atoms with Crippen molar-refractivity contribution in [3.8, 4) is 5.75 Å². The average molecular weight is 271 g/mol. The number of hydrogen-bond acceptors (Lipinski definition) is 4. The molecule has 0 amide bonds. The van der Waals surface area contributed by atoms with Crippen LogP contribution < -0.4 is 9.46 Å². The summed E-state index contributed by atoms with van der Waals surface area (Å²) in [5.41, 5.74) is -0.0613. The third-order valence-electron chi connectivity index (χ3n) is 2.67. The minimum absolute atomic E-state index is 0.0359. The summed E-state index contributed by atoms with van der Waals surface area (Å²) in [6, 6.07) is 4.15. The van der Waals surface area contributed by atoms with Gasteiger partial charge in [-0.15, -0.1) is 0 Å². The van der Waals surface area contributed by atoms with Crippen LogP contribution in [0.1, 0.15) is 23.2 Å². The van der Waals surface area contributed by atoms with Crippen molar-refractivity contribution in [2.45, 2.75) is 18.1 Å². The molecule has 0 heterocycles. The van der Waals surface area contributed by atoms with Gasteiger partial charge in [0.2, 0.25) is 10.0 Å². The predicted molar refractivity (Wildman–Crippen MR) is 65.5 cm³/mol. The molecule has 0 unspecified atom stereocenters. The summed E-state index contributed by atoms with van der Waals surface area (Å²) in [6.45, 7) is 0. The smallest absolute Gasteiger partial charge is 0.337 e. The molecule has 1 aliphatic carbocycles. The van der Waals surface area contributed by atoms with Gasteiger partial charge in [0, 0.05) is 6.07 Å². The topological polar surface area (TPSA) is 92.7 Å². The lowest BCUT2D eigenvalue weighted by Crippen LogP contribution is -2.19. The van der Waals surface area contributed by atoms with Crippen LogP contribution >= 0.6 is 0 Å². The van der Waals surface area contributed by atoms with Crippen LogP contribution in [0.3, 0.4) is 0 Å². The molecule has 0 radical (unpaired) electrons. The lowest BCUT2D eigenvalue weighted by atomic mass is 10.2. The van der Waals surface area contributed by atoms with Crippen LogP contribution in [0.25, 0.3) is 0 Å². The number of carboxylic acids is 1. The maximum atomic E-state index is 11.8. The Morgan fingerprint density at radius 3 is 2.61 bits per heavy atom. The highest BCUT2D eigenvalue weighted by Crippen LogP contribution is 2.31. The Bertz CT molecular complexity index is 577. The van der Waals surface area contributed by atoms with Crippen molar-refractivity contribution in [3.63, 3.8) is 0 Å². The van der Waals surface area contributed by atoms with Gasteiger partial charge in [-0.3, -0.25) is 4.72 Å². The van der Waals surface area contributed by atoms with Gasteiger partial charge in [0.15, 0.2) is 0 Å². The average Bonchev–Trinajstić information content (AvgIpc) is 3.11. The first-order valence-electron chi connectivity index (χ1n) is 5.37. The lowest BCUT2D eigenvalue weighted by Gasteiger charge is -2.11. The molecule has 98 valence electrons. The summed E-state index contributed by atoms with van der Waals surface area (Å²) < 4.78 is 30.9. The normalized spacial score (nSPS) is 15.2. The summed E-state index contributed by atoms with van der Waals surface area (Å²) in [7, 11) is -2.06. The number of anilines is 1. The molecule has 1 aromatic rings. The van der Waals surface area contributed by atoms with Gasteiger partial charge >= 0.3 is 5.97 Å². The fourth-order valence-corrected chi connectivity index (χ4v) is 2.93. The second-order valence-electron chi connectivity index (χ2n) is 4.06. The number of benzene rings is 1. The van der Waals surface area contributed by atoms with Crippen molar-refractivity contribution in [1.29, 1.82) is 0 Å². The molecular formula is C11H13NO5S. The number of ether oxygens (including phenoxy) is 1. The number of sulfonamides is 1. The molecule has 0 spiro atoms. The summed E-state index contributed by atoms with van der Waals surface area (Å²) in [4.78, 5) is 11.0. The van der Waals surface area contributed by atoms with E-state index in [2.05, 4.69) is 4.72 Å². The van der Waals surface area contributed by atoms with E-state index in [4.69, 9.17) is 9.84 Å². The van der Waals surface area contributed by atoms with E-state index in [1.807, 2.05) is 0 Å². The van der Waals surface area contributed by atoms with E-state index in [-0.39, 0.29) is 11.3 Å². The minimum Gasteiger partial charge on any atom is -0.497 e. The van der Waals surface area contributed by atoms with E-state index >= 15 is 0 Å². The van der Waals surface area contributed by atoms with Crippen molar-refractivity contribution < 1.29 is 23.1 Å². The van der Waals surface area contributed by atoms with Crippen LogP contribution in [-0.2, 0) is 10.0 Å². The quantitative estimate of drug-likeness (QED) is 0.842. The molecule has 18 heavy (non-hydrogen) atoms. The molecule has 0 saturated heterocycles. The highest BCUT2D eigenvalue weighted by molar-refractivity contribution is 7.93. The molecule has 1 aliphatic rings. The molecule has 1 saturated carbocycles. The third kappa shape index (κ3) is 2.56. The molecule has 0 aliphatic heterocycles. The molecule has 7 heteroatoms. The zero-order chi connectivity index (χ0) is 13.3. The van der Waals surface area contributed by atoms with Gasteiger partial charge < -0.3 is 9.84 Å². The zero-order valence-corrected chi connectivity index (χ0v) is 10.5. The van der Waals surface area contributed by atoms with E-state index in [0.29, 0.717) is 18.6 Å². The first kappa shape index (κ1) is 12.7. The number of rotatable bonds is 5. The van der Waals surface area contributed by atoms with Gasteiger partial charge in [-0.05, 0) is 25.0 Å². The molecular weight excluding hydrogens is 258 g/mol. The zero-order valence-electron chi connectivity index (χ0n) is 9.71. The Morgan fingerprint density at radius 2 is 2.11 bits per heavy atom. The minimum atomic E-state index is -3.49. The Kier molecular flexibility index (Phi) is 3.16. The molecule has 2 rings (SSSR count). The molecule has 2 N–H and O–H groups in total. The van der Waals surface area contributed by atoms with Gasteiger partial charge in [-0.2, -0.15) is 0 Å². The van der Waals surface area contributed by atoms with Crippen molar-refractivity contribution in [3.05, 3.63) is 23.8 Å².